The van der Waals surface area contributed by atoms with Gasteiger partial charge in [-0.05, 0) is 19.9 Å². The first-order chi connectivity index (χ1) is 6.07. The molecule has 0 saturated heterocycles. The molecule has 0 unspecified atom stereocenters. The number of aryl methyl sites for hydroxylation is 1. The van der Waals surface area contributed by atoms with E-state index in [0.717, 1.165) is 23.3 Å². The van der Waals surface area contributed by atoms with Crippen molar-refractivity contribution in [2.75, 3.05) is 5.33 Å². The smallest absolute Gasteiger partial charge is 0.250 e. The predicted molar refractivity (Wildman–Crippen MR) is 56.2 cm³/mol. The van der Waals surface area contributed by atoms with Gasteiger partial charge in [-0.1, -0.05) is 15.9 Å². The average Bonchev–Trinajstić information content (AvgIpc) is 2.32. The van der Waals surface area contributed by atoms with Crippen LogP contribution in [-0.2, 0) is 6.54 Å². The van der Waals surface area contributed by atoms with Gasteiger partial charge in [0.1, 0.15) is 0 Å². The van der Waals surface area contributed by atoms with Gasteiger partial charge in [0.25, 0.3) is 5.91 Å². The molecule has 0 aliphatic carbocycles. The van der Waals surface area contributed by atoms with Crippen molar-refractivity contribution in [1.82, 2.24) is 4.57 Å². The van der Waals surface area contributed by atoms with Crippen molar-refractivity contribution in [3.05, 3.63) is 23.0 Å². The van der Waals surface area contributed by atoms with Crippen LogP contribution in [0, 0.1) is 13.8 Å². The minimum absolute atomic E-state index is 0.353. The summed E-state index contributed by atoms with van der Waals surface area (Å²) >= 11 is 3.36. The highest BCUT2D eigenvalue weighted by molar-refractivity contribution is 9.09. The first-order valence-corrected chi connectivity index (χ1v) is 5.22. The predicted octanol–water partition coefficient (Wildman–Crippen LogP) is 1.60. The minimum atomic E-state index is -0.353. The van der Waals surface area contributed by atoms with Crippen LogP contribution in [0.25, 0.3) is 0 Å². The monoisotopic (exact) mass is 244 g/mol. The van der Waals surface area contributed by atoms with Crippen molar-refractivity contribution in [2.24, 2.45) is 5.73 Å². The minimum Gasteiger partial charge on any atom is -0.366 e. The summed E-state index contributed by atoms with van der Waals surface area (Å²) in [6.07, 6.45) is 0. The van der Waals surface area contributed by atoms with Crippen LogP contribution in [0.2, 0.25) is 0 Å². The van der Waals surface area contributed by atoms with Crippen LogP contribution >= 0.6 is 15.9 Å². The lowest BCUT2D eigenvalue weighted by Gasteiger charge is -2.06. The molecule has 1 aromatic rings. The molecule has 1 amide bonds. The normalized spacial score (nSPS) is 10.4. The van der Waals surface area contributed by atoms with Gasteiger partial charge in [-0.3, -0.25) is 4.79 Å². The Kier molecular flexibility index (Phi) is 3.14. The van der Waals surface area contributed by atoms with Gasteiger partial charge in [0, 0.05) is 23.3 Å². The van der Waals surface area contributed by atoms with Crippen molar-refractivity contribution in [2.45, 2.75) is 20.4 Å². The molecule has 0 aliphatic rings. The van der Waals surface area contributed by atoms with E-state index in [1.807, 2.05) is 19.9 Å². The Hall–Kier alpha value is -0.770. The van der Waals surface area contributed by atoms with E-state index in [4.69, 9.17) is 5.73 Å². The standard InChI is InChI=1S/C9H13BrN2O/c1-6-5-8(9(11)13)7(2)12(6)4-3-10/h5H,3-4H2,1-2H3,(H2,11,13). The lowest BCUT2D eigenvalue weighted by atomic mass is 10.2. The van der Waals surface area contributed by atoms with E-state index >= 15 is 0 Å². The number of hydrogen-bond donors (Lipinski definition) is 1. The van der Waals surface area contributed by atoms with E-state index in [1.54, 1.807) is 0 Å². The third-order valence-corrected chi connectivity index (χ3v) is 2.50. The van der Waals surface area contributed by atoms with Gasteiger partial charge in [-0.15, -0.1) is 0 Å². The molecule has 0 fully saturated rings. The second-order valence-corrected chi connectivity index (χ2v) is 3.78. The van der Waals surface area contributed by atoms with Crippen LogP contribution in [0.3, 0.4) is 0 Å². The molecule has 3 nitrogen and oxygen atoms in total. The Morgan fingerprint density at radius 2 is 2.23 bits per heavy atom. The van der Waals surface area contributed by atoms with E-state index in [0.29, 0.717) is 5.56 Å². The van der Waals surface area contributed by atoms with E-state index < -0.39 is 0 Å². The molecule has 0 spiro atoms. The fourth-order valence-corrected chi connectivity index (χ4v) is 1.83. The van der Waals surface area contributed by atoms with Gasteiger partial charge in [0.15, 0.2) is 0 Å². The van der Waals surface area contributed by atoms with Crippen LogP contribution in [0.4, 0.5) is 0 Å². The third-order valence-electron chi connectivity index (χ3n) is 2.15. The zero-order valence-corrected chi connectivity index (χ0v) is 9.39. The summed E-state index contributed by atoms with van der Waals surface area (Å²) in [5.41, 5.74) is 7.88. The second-order valence-electron chi connectivity index (χ2n) is 2.99. The summed E-state index contributed by atoms with van der Waals surface area (Å²) in [5.74, 6) is -0.353. The fraction of sp³-hybridized carbons (Fsp3) is 0.444. The number of nitrogens with zero attached hydrogens (tertiary/aromatic N) is 1. The van der Waals surface area contributed by atoms with Gasteiger partial charge < -0.3 is 10.3 Å². The van der Waals surface area contributed by atoms with Crippen LogP contribution in [0.1, 0.15) is 21.7 Å². The van der Waals surface area contributed by atoms with E-state index in [-0.39, 0.29) is 5.91 Å². The Bertz CT molecular complexity index is 331. The summed E-state index contributed by atoms with van der Waals surface area (Å²) in [6.45, 7) is 4.75. The molecule has 1 aromatic heterocycles. The Labute approximate surface area is 86.0 Å². The summed E-state index contributed by atoms with van der Waals surface area (Å²) < 4.78 is 2.08. The Morgan fingerprint density at radius 3 is 2.62 bits per heavy atom. The molecule has 0 aliphatic heterocycles. The highest BCUT2D eigenvalue weighted by Gasteiger charge is 2.11. The number of carbonyl (C=O) groups is 1. The summed E-state index contributed by atoms with van der Waals surface area (Å²) in [5, 5.41) is 0.877. The number of primary amides is 1. The van der Waals surface area contributed by atoms with Gasteiger partial charge in [-0.2, -0.15) is 0 Å². The highest BCUT2D eigenvalue weighted by atomic mass is 79.9. The largest absolute Gasteiger partial charge is 0.366 e. The van der Waals surface area contributed by atoms with Crippen molar-refractivity contribution < 1.29 is 4.79 Å². The molecule has 0 bridgehead atoms. The van der Waals surface area contributed by atoms with Crippen LogP contribution in [0.15, 0.2) is 6.07 Å². The maximum atomic E-state index is 11.0. The molecule has 1 rings (SSSR count). The van der Waals surface area contributed by atoms with Crippen LogP contribution in [-0.4, -0.2) is 15.8 Å². The maximum Gasteiger partial charge on any atom is 0.250 e. The molecule has 0 aromatic carbocycles. The maximum absolute atomic E-state index is 11.0. The summed E-state index contributed by atoms with van der Waals surface area (Å²) in [4.78, 5) is 11.0. The second kappa shape index (κ2) is 3.96. The van der Waals surface area contributed by atoms with Gasteiger partial charge >= 0.3 is 0 Å². The Balaban J connectivity index is 3.14. The quantitative estimate of drug-likeness (QED) is 0.808. The molecule has 0 saturated carbocycles. The molecule has 13 heavy (non-hydrogen) atoms. The van der Waals surface area contributed by atoms with Crippen molar-refractivity contribution in [3.63, 3.8) is 0 Å². The van der Waals surface area contributed by atoms with Crippen molar-refractivity contribution in [1.29, 1.82) is 0 Å². The summed E-state index contributed by atoms with van der Waals surface area (Å²) in [6, 6.07) is 1.83. The van der Waals surface area contributed by atoms with Crippen molar-refractivity contribution >= 4 is 21.8 Å². The highest BCUT2D eigenvalue weighted by Crippen LogP contribution is 2.14. The first-order valence-electron chi connectivity index (χ1n) is 4.10. The molecule has 0 radical (unpaired) electrons. The molecule has 72 valence electrons. The van der Waals surface area contributed by atoms with Gasteiger partial charge in [-0.25, -0.2) is 0 Å². The Morgan fingerprint density at radius 1 is 1.62 bits per heavy atom. The number of nitrogens with two attached hydrogens (primary N) is 1. The van der Waals surface area contributed by atoms with Gasteiger partial charge in [0.05, 0.1) is 5.56 Å². The lowest BCUT2D eigenvalue weighted by Crippen LogP contribution is -2.12. The molecule has 4 heteroatoms. The average molecular weight is 245 g/mol. The lowest BCUT2D eigenvalue weighted by molar-refractivity contribution is 0.0999. The van der Waals surface area contributed by atoms with Crippen molar-refractivity contribution in [3.8, 4) is 0 Å². The van der Waals surface area contributed by atoms with Crippen LogP contribution < -0.4 is 5.73 Å². The van der Waals surface area contributed by atoms with E-state index in [2.05, 4.69) is 20.5 Å². The number of alkyl halides is 1. The van der Waals surface area contributed by atoms with Crippen LogP contribution in [0.5, 0.6) is 0 Å². The summed E-state index contributed by atoms with van der Waals surface area (Å²) in [7, 11) is 0. The number of carbonyl (C=O) groups excluding carboxylic acids is 1. The van der Waals surface area contributed by atoms with Gasteiger partial charge in [0.2, 0.25) is 0 Å². The molecular formula is C9H13BrN2O. The molecule has 1 heterocycles. The zero-order chi connectivity index (χ0) is 10.0. The van der Waals surface area contributed by atoms with E-state index in [9.17, 15) is 4.79 Å². The molecular weight excluding hydrogens is 232 g/mol. The zero-order valence-electron chi connectivity index (χ0n) is 7.80. The topological polar surface area (TPSA) is 48.0 Å². The number of amides is 1. The molecule has 2 N–H and O–H groups in total. The SMILES string of the molecule is Cc1cc(C(N)=O)c(C)n1CCBr. The number of hydrogen-bond acceptors (Lipinski definition) is 1. The molecule has 0 atom stereocenters. The number of halogens is 1. The van der Waals surface area contributed by atoms with E-state index in [1.165, 1.54) is 0 Å². The number of rotatable bonds is 3. The number of aromatic nitrogens is 1. The fourth-order valence-electron chi connectivity index (χ4n) is 1.48. The third kappa shape index (κ3) is 1.94. The first kappa shape index (κ1) is 10.3.